The summed E-state index contributed by atoms with van der Waals surface area (Å²) < 4.78 is 3.65. The normalized spacial score (nSPS) is 11.0. The summed E-state index contributed by atoms with van der Waals surface area (Å²) in [5.74, 6) is -0.0639. The fourth-order valence-electron chi connectivity index (χ4n) is 3.27. The molecule has 29 heavy (non-hydrogen) atoms. The van der Waals surface area contributed by atoms with Crippen LogP contribution in [-0.2, 0) is 17.9 Å². The number of hydrogen-bond acceptors (Lipinski definition) is 5. The van der Waals surface area contributed by atoms with E-state index in [-0.39, 0.29) is 12.5 Å². The standard InChI is InChI=1S/C21H22N6OS/c1-15-12-16(2)27(25-15)14-20(28)23-9-10-26-21(19-7-5-11-29-19)17(13-24-26)18-6-3-4-8-22-18/h3-8,11-13H,9-10,14H2,1-2H3,(H,23,28). The molecular weight excluding hydrogens is 384 g/mol. The number of carbonyl (C=O) groups is 1. The van der Waals surface area contributed by atoms with Gasteiger partial charge in [0.05, 0.1) is 34.7 Å². The molecule has 148 valence electrons. The van der Waals surface area contributed by atoms with Crippen LogP contribution in [0.3, 0.4) is 0 Å². The summed E-state index contributed by atoms with van der Waals surface area (Å²) in [6.07, 6.45) is 3.62. The van der Waals surface area contributed by atoms with Gasteiger partial charge < -0.3 is 5.32 Å². The molecule has 0 atom stereocenters. The highest BCUT2D eigenvalue weighted by molar-refractivity contribution is 7.13. The van der Waals surface area contributed by atoms with Crippen LogP contribution in [-0.4, -0.2) is 37.0 Å². The quantitative estimate of drug-likeness (QED) is 0.511. The van der Waals surface area contributed by atoms with Crippen molar-refractivity contribution in [2.75, 3.05) is 6.54 Å². The van der Waals surface area contributed by atoms with Gasteiger partial charge in [-0.15, -0.1) is 11.3 Å². The lowest BCUT2D eigenvalue weighted by Crippen LogP contribution is -2.31. The minimum absolute atomic E-state index is 0.0639. The molecule has 0 saturated heterocycles. The zero-order valence-corrected chi connectivity index (χ0v) is 17.2. The number of thiophene rings is 1. The number of nitrogens with zero attached hydrogens (tertiary/aromatic N) is 5. The van der Waals surface area contributed by atoms with Crippen molar-refractivity contribution >= 4 is 17.2 Å². The summed E-state index contributed by atoms with van der Waals surface area (Å²) in [6, 6.07) is 11.9. The summed E-state index contributed by atoms with van der Waals surface area (Å²) in [4.78, 5) is 17.9. The molecule has 0 saturated carbocycles. The topological polar surface area (TPSA) is 77.6 Å². The van der Waals surface area contributed by atoms with Crippen LogP contribution in [0.1, 0.15) is 11.4 Å². The molecule has 0 radical (unpaired) electrons. The third-order valence-corrected chi connectivity index (χ3v) is 5.45. The lowest BCUT2D eigenvalue weighted by atomic mass is 10.1. The molecule has 0 bridgehead atoms. The second-order valence-electron chi connectivity index (χ2n) is 6.76. The molecule has 0 unspecified atom stereocenters. The van der Waals surface area contributed by atoms with Crippen LogP contribution < -0.4 is 5.32 Å². The van der Waals surface area contributed by atoms with Gasteiger partial charge in [-0.3, -0.25) is 19.1 Å². The van der Waals surface area contributed by atoms with E-state index in [2.05, 4.69) is 26.6 Å². The largest absolute Gasteiger partial charge is 0.353 e. The summed E-state index contributed by atoms with van der Waals surface area (Å²) in [5, 5.41) is 13.9. The molecule has 4 aromatic heterocycles. The molecule has 4 rings (SSSR count). The van der Waals surface area contributed by atoms with E-state index in [0.717, 1.165) is 33.2 Å². The van der Waals surface area contributed by atoms with Gasteiger partial charge in [0.25, 0.3) is 0 Å². The van der Waals surface area contributed by atoms with E-state index in [1.807, 2.05) is 60.4 Å². The van der Waals surface area contributed by atoms with Crippen molar-refractivity contribution < 1.29 is 4.79 Å². The van der Waals surface area contributed by atoms with Crippen LogP contribution in [0.25, 0.3) is 21.8 Å². The van der Waals surface area contributed by atoms with Crippen LogP contribution in [0.2, 0.25) is 0 Å². The first-order valence-electron chi connectivity index (χ1n) is 9.40. The van der Waals surface area contributed by atoms with Gasteiger partial charge in [-0.25, -0.2) is 0 Å². The first kappa shape index (κ1) is 19.1. The minimum Gasteiger partial charge on any atom is -0.353 e. The third kappa shape index (κ3) is 4.27. The molecule has 4 heterocycles. The second kappa shape index (κ2) is 8.40. The summed E-state index contributed by atoms with van der Waals surface area (Å²) in [6.45, 7) is 5.15. The predicted molar refractivity (Wildman–Crippen MR) is 113 cm³/mol. The highest BCUT2D eigenvalue weighted by Gasteiger charge is 2.16. The Morgan fingerprint density at radius 3 is 2.76 bits per heavy atom. The number of hydrogen-bond donors (Lipinski definition) is 1. The fraction of sp³-hybridized carbons (Fsp3) is 0.238. The van der Waals surface area contributed by atoms with E-state index < -0.39 is 0 Å². The number of aryl methyl sites for hydroxylation is 2. The molecule has 4 aromatic rings. The van der Waals surface area contributed by atoms with Crippen LogP contribution in [0.15, 0.2) is 54.2 Å². The monoisotopic (exact) mass is 406 g/mol. The molecule has 0 aliphatic heterocycles. The average molecular weight is 407 g/mol. The number of rotatable bonds is 7. The number of pyridine rings is 1. The van der Waals surface area contributed by atoms with Crippen LogP contribution in [0.5, 0.6) is 0 Å². The van der Waals surface area contributed by atoms with Crippen molar-refractivity contribution in [2.45, 2.75) is 26.9 Å². The highest BCUT2D eigenvalue weighted by Crippen LogP contribution is 2.33. The van der Waals surface area contributed by atoms with Crippen molar-refractivity contribution in [3.8, 4) is 21.8 Å². The third-order valence-electron chi connectivity index (χ3n) is 4.58. The summed E-state index contributed by atoms with van der Waals surface area (Å²) in [5.41, 5.74) is 4.78. The maximum atomic E-state index is 12.3. The minimum atomic E-state index is -0.0639. The van der Waals surface area contributed by atoms with Crippen LogP contribution >= 0.6 is 11.3 Å². The molecule has 8 heteroatoms. The number of carbonyl (C=O) groups excluding carboxylic acids is 1. The van der Waals surface area contributed by atoms with E-state index >= 15 is 0 Å². The lowest BCUT2D eigenvalue weighted by Gasteiger charge is -2.10. The second-order valence-corrected chi connectivity index (χ2v) is 7.70. The number of amides is 1. The van der Waals surface area contributed by atoms with Gasteiger partial charge in [-0.1, -0.05) is 12.1 Å². The molecule has 0 spiro atoms. The van der Waals surface area contributed by atoms with E-state index in [0.29, 0.717) is 13.1 Å². The van der Waals surface area contributed by atoms with Crippen molar-refractivity contribution in [1.82, 2.24) is 29.9 Å². The maximum Gasteiger partial charge on any atom is 0.241 e. The van der Waals surface area contributed by atoms with Gasteiger partial charge in [0, 0.05) is 24.0 Å². The van der Waals surface area contributed by atoms with Crippen molar-refractivity contribution in [2.24, 2.45) is 0 Å². The van der Waals surface area contributed by atoms with Gasteiger partial charge in [-0.05, 0) is 43.5 Å². The van der Waals surface area contributed by atoms with Gasteiger partial charge >= 0.3 is 0 Å². The van der Waals surface area contributed by atoms with Crippen molar-refractivity contribution in [3.63, 3.8) is 0 Å². The number of aromatic nitrogens is 5. The molecule has 0 aliphatic carbocycles. The first-order chi connectivity index (χ1) is 14.1. The van der Waals surface area contributed by atoms with E-state index in [9.17, 15) is 4.79 Å². The Labute approximate surface area is 173 Å². The molecule has 1 N–H and O–H groups in total. The van der Waals surface area contributed by atoms with Gasteiger partial charge in [0.2, 0.25) is 5.91 Å². The molecule has 1 amide bonds. The highest BCUT2D eigenvalue weighted by atomic mass is 32.1. The smallest absolute Gasteiger partial charge is 0.241 e. The SMILES string of the molecule is Cc1cc(C)n(CC(=O)NCCn2ncc(-c3ccccn3)c2-c2cccs2)n1. The van der Waals surface area contributed by atoms with E-state index in [4.69, 9.17) is 0 Å². The Balaban J connectivity index is 1.47. The Kier molecular flexibility index (Phi) is 5.53. The van der Waals surface area contributed by atoms with Gasteiger partial charge in [-0.2, -0.15) is 10.2 Å². The lowest BCUT2D eigenvalue weighted by molar-refractivity contribution is -0.121. The Hall–Kier alpha value is -3.26. The molecule has 7 nitrogen and oxygen atoms in total. The molecule has 0 aromatic carbocycles. The Morgan fingerprint density at radius 1 is 1.17 bits per heavy atom. The predicted octanol–water partition coefficient (Wildman–Crippen LogP) is 3.30. The zero-order valence-electron chi connectivity index (χ0n) is 16.4. The Morgan fingerprint density at radius 2 is 2.07 bits per heavy atom. The maximum absolute atomic E-state index is 12.3. The zero-order chi connectivity index (χ0) is 20.2. The van der Waals surface area contributed by atoms with Crippen LogP contribution in [0, 0.1) is 13.8 Å². The molecular formula is C21H22N6OS. The molecule has 0 aliphatic rings. The summed E-state index contributed by atoms with van der Waals surface area (Å²) in [7, 11) is 0. The summed E-state index contributed by atoms with van der Waals surface area (Å²) >= 11 is 1.66. The number of nitrogens with one attached hydrogen (secondary N) is 1. The van der Waals surface area contributed by atoms with E-state index in [1.165, 1.54) is 0 Å². The van der Waals surface area contributed by atoms with Gasteiger partial charge in [0.1, 0.15) is 6.54 Å². The van der Waals surface area contributed by atoms with Crippen molar-refractivity contribution in [3.05, 3.63) is 65.6 Å². The average Bonchev–Trinajstić information content (AvgIpc) is 3.43. The fourth-order valence-corrected chi connectivity index (χ4v) is 4.05. The molecule has 0 fully saturated rings. The first-order valence-corrected chi connectivity index (χ1v) is 10.3. The Bertz CT molecular complexity index is 1100. The van der Waals surface area contributed by atoms with Crippen molar-refractivity contribution in [1.29, 1.82) is 0 Å². The van der Waals surface area contributed by atoms with E-state index in [1.54, 1.807) is 22.2 Å². The van der Waals surface area contributed by atoms with Gasteiger partial charge in [0.15, 0.2) is 0 Å². The van der Waals surface area contributed by atoms with Crippen LogP contribution in [0.4, 0.5) is 0 Å².